The van der Waals surface area contributed by atoms with E-state index in [4.69, 9.17) is 0 Å². The van der Waals surface area contributed by atoms with Crippen LogP contribution >= 0.6 is 0 Å². The van der Waals surface area contributed by atoms with Crippen molar-refractivity contribution in [2.45, 2.75) is 52.0 Å². The van der Waals surface area contributed by atoms with Crippen LogP contribution in [-0.4, -0.2) is 44.8 Å². The molecule has 6 nitrogen and oxygen atoms in total. The summed E-state index contributed by atoms with van der Waals surface area (Å²) >= 11 is 0. The topological polar surface area (TPSA) is 75.4 Å². The van der Waals surface area contributed by atoms with Gasteiger partial charge in [0.2, 0.25) is 0 Å². The van der Waals surface area contributed by atoms with Crippen LogP contribution in [0, 0.1) is 5.92 Å². The Hall–Kier alpha value is -2.63. The lowest BCUT2D eigenvalue weighted by Gasteiger charge is -2.39. The summed E-state index contributed by atoms with van der Waals surface area (Å²) < 4.78 is 1.92. The first kappa shape index (κ1) is 20.1. The Kier molecular flexibility index (Phi) is 5.87. The average molecular weight is 383 g/mol. The molecule has 0 aliphatic carbocycles. The quantitative estimate of drug-likeness (QED) is 0.830. The van der Waals surface area contributed by atoms with Gasteiger partial charge in [0, 0.05) is 19.6 Å². The first-order valence-corrected chi connectivity index (χ1v) is 10.0. The SMILES string of the molecule is CCc1c(C(=O)N2CCC(C(=O)O)(c3ccccc3)CC2)cnn1CC(C)C. The molecule has 1 saturated heterocycles. The number of carboxylic acids is 1. The minimum Gasteiger partial charge on any atom is -0.481 e. The zero-order valence-corrected chi connectivity index (χ0v) is 16.9. The predicted molar refractivity (Wildman–Crippen MR) is 107 cm³/mol. The number of aromatic nitrogens is 2. The molecule has 1 aliphatic heterocycles. The van der Waals surface area contributed by atoms with Crippen molar-refractivity contribution in [1.29, 1.82) is 0 Å². The van der Waals surface area contributed by atoms with Crippen molar-refractivity contribution in [2.24, 2.45) is 5.92 Å². The summed E-state index contributed by atoms with van der Waals surface area (Å²) in [4.78, 5) is 27.0. The number of carbonyl (C=O) groups excluding carboxylic acids is 1. The van der Waals surface area contributed by atoms with E-state index in [2.05, 4.69) is 18.9 Å². The van der Waals surface area contributed by atoms with Crippen molar-refractivity contribution >= 4 is 11.9 Å². The highest BCUT2D eigenvalue weighted by Crippen LogP contribution is 2.36. The summed E-state index contributed by atoms with van der Waals surface area (Å²) in [6, 6.07) is 9.37. The van der Waals surface area contributed by atoms with Gasteiger partial charge in [0.05, 0.1) is 22.9 Å². The number of aliphatic carboxylic acids is 1. The van der Waals surface area contributed by atoms with E-state index >= 15 is 0 Å². The summed E-state index contributed by atoms with van der Waals surface area (Å²) in [5.41, 5.74) is 1.49. The van der Waals surface area contributed by atoms with E-state index in [1.54, 1.807) is 11.1 Å². The van der Waals surface area contributed by atoms with E-state index < -0.39 is 11.4 Å². The number of likely N-dealkylation sites (tertiary alicyclic amines) is 1. The summed E-state index contributed by atoms with van der Waals surface area (Å²) in [6.45, 7) is 7.93. The molecular weight excluding hydrogens is 354 g/mol. The molecule has 0 bridgehead atoms. The van der Waals surface area contributed by atoms with Gasteiger partial charge in [-0.15, -0.1) is 0 Å². The van der Waals surface area contributed by atoms with Crippen LogP contribution in [0.3, 0.4) is 0 Å². The molecule has 0 atom stereocenters. The number of piperidine rings is 1. The van der Waals surface area contributed by atoms with Gasteiger partial charge in [-0.25, -0.2) is 0 Å². The van der Waals surface area contributed by atoms with Crippen LogP contribution < -0.4 is 0 Å². The molecule has 1 aromatic heterocycles. The molecule has 1 aliphatic rings. The fourth-order valence-electron chi connectivity index (χ4n) is 4.11. The summed E-state index contributed by atoms with van der Waals surface area (Å²) in [6.07, 6.45) is 3.24. The van der Waals surface area contributed by atoms with Crippen molar-refractivity contribution in [3.63, 3.8) is 0 Å². The molecule has 1 N–H and O–H groups in total. The van der Waals surface area contributed by atoms with Gasteiger partial charge in [0.25, 0.3) is 5.91 Å². The molecular formula is C22H29N3O3. The highest BCUT2D eigenvalue weighted by Gasteiger charge is 2.44. The lowest BCUT2D eigenvalue weighted by molar-refractivity contribution is -0.145. The lowest BCUT2D eigenvalue weighted by Crippen LogP contribution is -2.49. The number of hydrogen-bond donors (Lipinski definition) is 1. The van der Waals surface area contributed by atoms with Crippen LogP contribution in [-0.2, 0) is 23.2 Å². The van der Waals surface area contributed by atoms with Crippen molar-refractivity contribution in [3.8, 4) is 0 Å². The molecule has 0 spiro atoms. The Bertz CT molecular complexity index is 834. The van der Waals surface area contributed by atoms with Crippen molar-refractivity contribution < 1.29 is 14.7 Å². The molecule has 1 fully saturated rings. The molecule has 1 amide bonds. The van der Waals surface area contributed by atoms with Crippen LogP contribution in [0.1, 0.15) is 55.2 Å². The number of amides is 1. The zero-order chi connectivity index (χ0) is 20.3. The lowest BCUT2D eigenvalue weighted by atomic mass is 9.72. The van der Waals surface area contributed by atoms with E-state index in [-0.39, 0.29) is 5.91 Å². The molecule has 2 heterocycles. The fourth-order valence-corrected chi connectivity index (χ4v) is 4.11. The van der Waals surface area contributed by atoms with Gasteiger partial charge >= 0.3 is 5.97 Å². The standard InChI is InChI=1S/C22H29N3O3/c1-4-19-18(14-23-25(19)15-16(2)3)20(26)24-12-10-22(11-13-24,21(27)28)17-8-6-5-7-9-17/h5-9,14,16H,4,10-13,15H2,1-3H3,(H,27,28). The number of hydrogen-bond acceptors (Lipinski definition) is 3. The van der Waals surface area contributed by atoms with E-state index in [9.17, 15) is 14.7 Å². The third-order valence-corrected chi connectivity index (χ3v) is 5.69. The Morgan fingerprint density at radius 3 is 2.36 bits per heavy atom. The van der Waals surface area contributed by atoms with Gasteiger partial charge in [-0.1, -0.05) is 51.1 Å². The maximum Gasteiger partial charge on any atom is 0.314 e. The molecule has 6 heteroatoms. The van der Waals surface area contributed by atoms with Crippen molar-refractivity contribution in [1.82, 2.24) is 14.7 Å². The van der Waals surface area contributed by atoms with Crippen molar-refractivity contribution in [3.05, 3.63) is 53.3 Å². The van der Waals surface area contributed by atoms with E-state index in [0.29, 0.717) is 37.4 Å². The Morgan fingerprint density at radius 2 is 1.82 bits per heavy atom. The molecule has 0 radical (unpaired) electrons. The third-order valence-electron chi connectivity index (χ3n) is 5.69. The number of nitrogens with zero attached hydrogens (tertiary/aromatic N) is 3. The van der Waals surface area contributed by atoms with Crippen LogP contribution in [0.5, 0.6) is 0 Å². The minimum absolute atomic E-state index is 0.0427. The second-order valence-corrected chi connectivity index (χ2v) is 7.98. The Labute approximate surface area is 166 Å². The molecule has 2 aromatic rings. The first-order valence-electron chi connectivity index (χ1n) is 10.0. The minimum atomic E-state index is -0.923. The van der Waals surface area contributed by atoms with Crippen LogP contribution in [0.15, 0.2) is 36.5 Å². The monoisotopic (exact) mass is 383 g/mol. The van der Waals surface area contributed by atoms with Crippen LogP contribution in [0.4, 0.5) is 0 Å². The number of carbonyl (C=O) groups is 2. The van der Waals surface area contributed by atoms with Gasteiger partial charge in [-0.05, 0) is 30.7 Å². The Morgan fingerprint density at radius 1 is 1.18 bits per heavy atom. The molecule has 0 saturated carbocycles. The second kappa shape index (κ2) is 8.17. The summed E-state index contributed by atoms with van der Waals surface area (Å²) in [5, 5.41) is 14.4. The normalized spacial score (nSPS) is 16.4. The van der Waals surface area contributed by atoms with Gasteiger partial charge in [-0.3, -0.25) is 14.3 Å². The van der Waals surface area contributed by atoms with E-state index in [1.165, 1.54) is 0 Å². The molecule has 150 valence electrons. The number of carboxylic acid groups (broad SMARTS) is 1. The molecule has 0 unspecified atom stereocenters. The van der Waals surface area contributed by atoms with Gasteiger partial charge in [0.15, 0.2) is 0 Å². The summed E-state index contributed by atoms with van der Waals surface area (Å²) in [7, 11) is 0. The molecule has 28 heavy (non-hydrogen) atoms. The largest absolute Gasteiger partial charge is 0.481 e. The Balaban J connectivity index is 1.79. The molecule has 1 aromatic carbocycles. The van der Waals surface area contributed by atoms with E-state index in [1.807, 2.05) is 41.9 Å². The number of rotatable bonds is 6. The van der Waals surface area contributed by atoms with Crippen molar-refractivity contribution in [2.75, 3.05) is 13.1 Å². The molecule has 3 rings (SSSR count). The van der Waals surface area contributed by atoms with Gasteiger partial charge < -0.3 is 10.0 Å². The zero-order valence-electron chi connectivity index (χ0n) is 16.9. The van der Waals surface area contributed by atoms with E-state index in [0.717, 1.165) is 24.2 Å². The fraction of sp³-hybridized carbons (Fsp3) is 0.500. The third kappa shape index (κ3) is 3.68. The maximum atomic E-state index is 13.1. The number of benzene rings is 1. The van der Waals surface area contributed by atoms with Crippen LogP contribution in [0.2, 0.25) is 0 Å². The first-order chi connectivity index (χ1) is 13.4. The van der Waals surface area contributed by atoms with Gasteiger partial charge in [-0.2, -0.15) is 5.10 Å². The highest BCUT2D eigenvalue weighted by molar-refractivity contribution is 5.95. The highest BCUT2D eigenvalue weighted by atomic mass is 16.4. The maximum absolute atomic E-state index is 13.1. The smallest absolute Gasteiger partial charge is 0.314 e. The van der Waals surface area contributed by atoms with Crippen LogP contribution in [0.25, 0.3) is 0 Å². The van der Waals surface area contributed by atoms with Gasteiger partial charge in [0.1, 0.15) is 0 Å². The predicted octanol–water partition coefficient (Wildman–Crippen LogP) is 3.36. The summed E-state index contributed by atoms with van der Waals surface area (Å²) in [5.74, 6) is -0.408. The second-order valence-electron chi connectivity index (χ2n) is 7.98. The average Bonchev–Trinajstić information content (AvgIpc) is 3.09.